The third kappa shape index (κ3) is 4.35. The van der Waals surface area contributed by atoms with E-state index in [2.05, 4.69) is 12.1 Å². The van der Waals surface area contributed by atoms with Gasteiger partial charge in [0.05, 0.1) is 6.61 Å². The highest BCUT2D eigenvalue weighted by Crippen LogP contribution is 2.24. The minimum Gasteiger partial charge on any atom is -0.434 e. The molecule has 0 aromatic heterocycles. The largest absolute Gasteiger partial charge is 0.513 e. The zero-order chi connectivity index (χ0) is 15.9. The predicted molar refractivity (Wildman–Crippen MR) is 87.4 cm³/mol. The Balaban J connectivity index is 1.78. The van der Waals surface area contributed by atoms with E-state index in [0.29, 0.717) is 12.4 Å². The molecule has 0 atom stereocenters. The van der Waals surface area contributed by atoms with Gasteiger partial charge in [-0.05, 0) is 61.9 Å². The normalized spacial score (nSPS) is 10.3. The van der Waals surface area contributed by atoms with Crippen molar-refractivity contribution in [2.24, 2.45) is 0 Å². The Bertz CT molecular complexity index is 633. The summed E-state index contributed by atoms with van der Waals surface area (Å²) in [6, 6.07) is 13.9. The summed E-state index contributed by atoms with van der Waals surface area (Å²) < 4.78 is 10.4. The van der Waals surface area contributed by atoms with Crippen molar-refractivity contribution in [1.82, 2.24) is 0 Å². The van der Waals surface area contributed by atoms with Gasteiger partial charge in [0, 0.05) is 0 Å². The van der Waals surface area contributed by atoms with Gasteiger partial charge >= 0.3 is 6.16 Å². The molecule has 0 bridgehead atoms. The van der Waals surface area contributed by atoms with Crippen molar-refractivity contribution in [3.63, 3.8) is 0 Å². The molecule has 3 heteroatoms. The first kappa shape index (κ1) is 16.1. The maximum absolute atomic E-state index is 11.7. The third-order valence-electron chi connectivity index (χ3n) is 3.87. The number of hydrogen-bond donors (Lipinski definition) is 0. The van der Waals surface area contributed by atoms with Gasteiger partial charge in [-0.15, -0.1) is 0 Å². The zero-order valence-electron chi connectivity index (χ0n) is 13.4. The van der Waals surface area contributed by atoms with Gasteiger partial charge in [0.1, 0.15) is 5.75 Å². The van der Waals surface area contributed by atoms with Crippen LogP contribution >= 0.6 is 0 Å². The third-order valence-corrected chi connectivity index (χ3v) is 3.87. The van der Waals surface area contributed by atoms with Crippen LogP contribution in [0.3, 0.4) is 0 Å². The number of carbonyl (C=O) groups excluding carboxylic acids is 1. The summed E-state index contributed by atoms with van der Waals surface area (Å²) in [6.07, 6.45) is 1.03. The van der Waals surface area contributed by atoms with E-state index in [0.717, 1.165) is 24.0 Å². The van der Waals surface area contributed by atoms with E-state index in [9.17, 15) is 4.79 Å². The Labute approximate surface area is 131 Å². The van der Waals surface area contributed by atoms with Gasteiger partial charge in [0.2, 0.25) is 0 Å². The molecule has 0 aliphatic heterocycles. The van der Waals surface area contributed by atoms with Crippen LogP contribution in [0.4, 0.5) is 4.79 Å². The van der Waals surface area contributed by atoms with Crippen molar-refractivity contribution >= 4 is 6.16 Å². The maximum Gasteiger partial charge on any atom is 0.513 e. The molecule has 0 radical (unpaired) electrons. The van der Waals surface area contributed by atoms with Crippen molar-refractivity contribution < 1.29 is 14.3 Å². The fraction of sp³-hybridized carbons (Fsp3) is 0.316. The smallest absolute Gasteiger partial charge is 0.434 e. The Kier molecular flexibility index (Phi) is 5.59. The van der Waals surface area contributed by atoms with E-state index < -0.39 is 6.16 Å². The predicted octanol–water partition coefficient (Wildman–Crippen LogP) is 4.76. The quantitative estimate of drug-likeness (QED) is 0.453. The second kappa shape index (κ2) is 7.64. The number of rotatable bonds is 5. The van der Waals surface area contributed by atoms with E-state index in [1.54, 1.807) is 0 Å². The molecular weight excluding hydrogens is 276 g/mol. The van der Waals surface area contributed by atoms with Crippen molar-refractivity contribution in [3.8, 4) is 5.75 Å². The standard InChI is InChI=1S/C19H22O3/c1-14-11-12-18(16(3)15(14)2)22-19(20)21-13-7-10-17-8-5-4-6-9-17/h4-6,8-9,11-12H,7,10,13H2,1-3H3. The summed E-state index contributed by atoms with van der Waals surface area (Å²) in [5.41, 5.74) is 4.53. The number of carbonyl (C=O) groups is 1. The highest BCUT2D eigenvalue weighted by molar-refractivity contribution is 5.65. The molecule has 0 amide bonds. The lowest BCUT2D eigenvalue weighted by atomic mass is 10.0. The second-order valence-electron chi connectivity index (χ2n) is 5.42. The van der Waals surface area contributed by atoms with Crippen LogP contribution in [0.5, 0.6) is 5.75 Å². The van der Waals surface area contributed by atoms with E-state index >= 15 is 0 Å². The lowest BCUT2D eigenvalue weighted by Gasteiger charge is -2.11. The summed E-state index contributed by atoms with van der Waals surface area (Å²) in [5, 5.41) is 0. The molecule has 2 rings (SSSR count). The van der Waals surface area contributed by atoms with E-state index in [1.165, 1.54) is 11.1 Å². The number of hydrogen-bond acceptors (Lipinski definition) is 3. The van der Waals surface area contributed by atoms with Crippen LogP contribution in [0.15, 0.2) is 42.5 Å². The Morgan fingerprint density at radius 3 is 2.41 bits per heavy atom. The molecule has 0 aliphatic carbocycles. The Morgan fingerprint density at radius 2 is 1.68 bits per heavy atom. The Morgan fingerprint density at radius 1 is 0.955 bits per heavy atom. The van der Waals surface area contributed by atoms with Gasteiger partial charge in [0.25, 0.3) is 0 Å². The van der Waals surface area contributed by atoms with Crippen LogP contribution in [-0.2, 0) is 11.2 Å². The van der Waals surface area contributed by atoms with Crippen LogP contribution in [0.1, 0.15) is 28.7 Å². The van der Waals surface area contributed by atoms with Gasteiger partial charge in [-0.3, -0.25) is 0 Å². The van der Waals surface area contributed by atoms with Crippen LogP contribution in [-0.4, -0.2) is 12.8 Å². The monoisotopic (exact) mass is 298 g/mol. The van der Waals surface area contributed by atoms with Crippen molar-refractivity contribution in [2.75, 3.05) is 6.61 Å². The average molecular weight is 298 g/mol. The van der Waals surface area contributed by atoms with Crippen LogP contribution in [0.25, 0.3) is 0 Å². The van der Waals surface area contributed by atoms with Gasteiger partial charge < -0.3 is 9.47 Å². The minimum absolute atomic E-state index is 0.359. The summed E-state index contributed by atoms with van der Waals surface area (Å²) >= 11 is 0. The SMILES string of the molecule is Cc1ccc(OC(=O)OCCCc2ccccc2)c(C)c1C. The summed E-state index contributed by atoms with van der Waals surface area (Å²) in [7, 11) is 0. The molecule has 116 valence electrons. The van der Waals surface area contributed by atoms with E-state index in [4.69, 9.17) is 9.47 Å². The molecule has 0 saturated carbocycles. The fourth-order valence-electron chi connectivity index (χ4n) is 2.24. The number of ether oxygens (including phenoxy) is 2. The first-order chi connectivity index (χ1) is 10.6. The molecule has 22 heavy (non-hydrogen) atoms. The molecule has 0 saturated heterocycles. The van der Waals surface area contributed by atoms with E-state index in [-0.39, 0.29) is 0 Å². The van der Waals surface area contributed by atoms with Crippen LogP contribution < -0.4 is 4.74 Å². The molecule has 0 fully saturated rings. The highest BCUT2D eigenvalue weighted by Gasteiger charge is 2.10. The lowest BCUT2D eigenvalue weighted by molar-refractivity contribution is 0.0978. The summed E-state index contributed by atoms with van der Waals surface area (Å²) in [5.74, 6) is 0.566. The average Bonchev–Trinajstić information content (AvgIpc) is 2.53. The van der Waals surface area contributed by atoms with Crippen LogP contribution in [0.2, 0.25) is 0 Å². The first-order valence-corrected chi connectivity index (χ1v) is 7.53. The molecule has 0 aliphatic rings. The summed E-state index contributed by atoms with van der Waals surface area (Å²) in [6.45, 7) is 6.36. The van der Waals surface area contributed by atoms with Crippen molar-refractivity contribution in [3.05, 3.63) is 64.7 Å². The van der Waals surface area contributed by atoms with Gasteiger partial charge in [-0.1, -0.05) is 36.4 Å². The number of aryl methyl sites for hydroxylation is 2. The molecule has 2 aromatic carbocycles. The molecule has 0 heterocycles. The lowest BCUT2D eigenvalue weighted by Crippen LogP contribution is -2.13. The maximum atomic E-state index is 11.7. The van der Waals surface area contributed by atoms with Crippen molar-refractivity contribution in [1.29, 1.82) is 0 Å². The van der Waals surface area contributed by atoms with E-state index in [1.807, 2.05) is 51.1 Å². The Hall–Kier alpha value is -2.29. The molecular formula is C19H22O3. The second-order valence-corrected chi connectivity index (χ2v) is 5.42. The topological polar surface area (TPSA) is 35.5 Å². The molecule has 0 N–H and O–H groups in total. The molecule has 2 aromatic rings. The zero-order valence-corrected chi connectivity index (χ0v) is 13.4. The van der Waals surface area contributed by atoms with Gasteiger partial charge in [0.15, 0.2) is 0 Å². The minimum atomic E-state index is -0.639. The fourth-order valence-corrected chi connectivity index (χ4v) is 2.24. The van der Waals surface area contributed by atoms with Gasteiger partial charge in [-0.2, -0.15) is 0 Å². The molecule has 3 nitrogen and oxygen atoms in total. The molecule has 0 spiro atoms. The van der Waals surface area contributed by atoms with Crippen molar-refractivity contribution in [2.45, 2.75) is 33.6 Å². The molecule has 0 unspecified atom stereocenters. The van der Waals surface area contributed by atoms with Crippen LogP contribution in [0, 0.1) is 20.8 Å². The highest BCUT2D eigenvalue weighted by atomic mass is 16.7. The van der Waals surface area contributed by atoms with Gasteiger partial charge in [-0.25, -0.2) is 4.79 Å². The summed E-state index contributed by atoms with van der Waals surface area (Å²) in [4.78, 5) is 11.7. The first-order valence-electron chi connectivity index (χ1n) is 7.53. The number of benzene rings is 2.